The van der Waals surface area contributed by atoms with E-state index in [1.54, 1.807) is 35.7 Å². The van der Waals surface area contributed by atoms with E-state index in [0.29, 0.717) is 18.0 Å². The second-order valence-electron chi connectivity index (χ2n) is 7.24. The summed E-state index contributed by atoms with van der Waals surface area (Å²) in [5.41, 5.74) is 1.29. The zero-order chi connectivity index (χ0) is 24.0. The highest BCUT2D eigenvalue weighted by Gasteiger charge is 2.29. The van der Waals surface area contributed by atoms with Crippen molar-refractivity contribution in [3.8, 4) is 5.75 Å². The molecule has 1 heterocycles. The Morgan fingerprint density at radius 2 is 1.62 bits per heavy atom. The van der Waals surface area contributed by atoms with E-state index < -0.39 is 28.3 Å². The first kappa shape index (κ1) is 23.5. The maximum absolute atomic E-state index is 14.5. The maximum Gasteiger partial charge on any atom is 0.274 e. The number of halogens is 1. The van der Waals surface area contributed by atoms with Crippen molar-refractivity contribution < 1.29 is 22.3 Å². The Morgan fingerprint density at radius 3 is 2.29 bits per heavy atom. The van der Waals surface area contributed by atoms with E-state index in [4.69, 9.17) is 4.74 Å². The largest absolute Gasteiger partial charge is 0.489 e. The van der Waals surface area contributed by atoms with E-state index in [-0.39, 0.29) is 9.90 Å². The lowest BCUT2D eigenvalue weighted by molar-refractivity contribution is -0.114. The van der Waals surface area contributed by atoms with Crippen molar-refractivity contribution in [2.45, 2.75) is 10.8 Å². The molecule has 9 heteroatoms. The zero-order valence-corrected chi connectivity index (χ0v) is 19.6. The third kappa shape index (κ3) is 5.62. The SMILES string of the molecule is O=C(CN(c1ccccc1F)S(=O)(=O)c1cccs1)Nc1ccc(OCc2ccccc2)cc1. The Morgan fingerprint density at radius 1 is 0.912 bits per heavy atom. The minimum absolute atomic E-state index is 0.0171. The lowest BCUT2D eigenvalue weighted by Gasteiger charge is -2.23. The van der Waals surface area contributed by atoms with Crippen molar-refractivity contribution in [1.29, 1.82) is 0 Å². The number of sulfonamides is 1. The number of rotatable bonds is 9. The predicted octanol–water partition coefficient (Wildman–Crippen LogP) is 5.30. The molecule has 174 valence electrons. The van der Waals surface area contributed by atoms with E-state index in [9.17, 15) is 17.6 Å². The van der Waals surface area contributed by atoms with Gasteiger partial charge in [0.1, 0.15) is 28.9 Å². The number of benzene rings is 3. The Labute approximate surface area is 201 Å². The van der Waals surface area contributed by atoms with Gasteiger partial charge < -0.3 is 10.1 Å². The summed E-state index contributed by atoms with van der Waals surface area (Å²) < 4.78 is 47.3. The van der Waals surface area contributed by atoms with Crippen LogP contribution in [0.5, 0.6) is 5.75 Å². The summed E-state index contributed by atoms with van der Waals surface area (Å²) in [6, 6.07) is 24.9. The summed E-state index contributed by atoms with van der Waals surface area (Å²) >= 11 is 0.997. The number of hydrogen-bond donors (Lipinski definition) is 1. The fraction of sp³-hybridized carbons (Fsp3) is 0.0800. The molecular formula is C25H21FN2O4S2. The van der Waals surface area contributed by atoms with Gasteiger partial charge in [0.15, 0.2) is 0 Å². The lowest BCUT2D eigenvalue weighted by Crippen LogP contribution is -2.38. The number of nitrogens with zero attached hydrogens (tertiary/aromatic N) is 1. The quantitative estimate of drug-likeness (QED) is 0.341. The molecule has 0 spiro atoms. The van der Waals surface area contributed by atoms with Gasteiger partial charge in [0.25, 0.3) is 10.0 Å². The first-order valence-electron chi connectivity index (χ1n) is 10.3. The van der Waals surface area contributed by atoms with E-state index in [2.05, 4.69) is 5.32 Å². The fourth-order valence-corrected chi connectivity index (χ4v) is 5.71. The second kappa shape index (κ2) is 10.5. The van der Waals surface area contributed by atoms with Gasteiger partial charge in [0.2, 0.25) is 5.91 Å². The van der Waals surface area contributed by atoms with Gasteiger partial charge in [-0.15, -0.1) is 11.3 Å². The number of amides is 1. The van der Waals surface area contributed by atoms with Crippen molar-refractivity contribution in [3.05, 3.63) is 108 Å². The van der Waals surface area contributed by atoms with Gasteiger partial charge in [-0.3, -0.25) is 9.10 Å². The molecule has 0 saturated heterocycles. The molecular weight excluding hydrogens is 475 g/mol. The molecule has 1 aromatic heterocycles. The van der Waals surface area contributed by atoms with Gasteiger partial charge >= 0.3 is 0 Å². The minimum atomic E-state index is -4.13. The number of carbonyl (C=O) groups excluding carboxylic acids is 1. The molecule has 0 bridgehead atoms. The third-order valence-electron chi connectivity index (χ3n) is 4.83. The molecule has 1 N–H and O–H groups in total. The zero-order valence-electron chi connectivity index (χ0n) is 17.9. The van der Waals surface area contributed by atoms with E-state index in [1.165, 1.54) is 24.3 Å². The molecule has 0 radical (unpaired) electrons. The predicted molar refractivity (Wildman–Crippen MR) is 131 cm³/mol. The van der Waals surface area contributed by atoms with E-state index in [1.807, 2.05) is 30.3 Å². The number of hydrogen-bond acceptors (Lipinski definition) is 5. The highest BCUT2D eigenvalue weighted by atomic mass is 32.2. The summed E-state index contributed by atoms with van der Waals surface area (Å²) in [6.45, 7) is -0.182. The van der Waals surface area contributed by atoms with Crippen LogP contribution in [0.25, 0.3) is 0 Å². The normalized spacial score (nSPS) is 11.1. The molecule has 0 aliphatic rings. The van der Waals surface area contributed by atoms with Crippen LogP contribution in [0, 0.1) is 5.82 Å². The summed E-state index contributed by atoms with van der Waals surface area (Å²) in [7, 11) is -4.13. The summed E-state index contributed by atoms with van der Waals surface area (Å²) in [4.78, 5) is 12.8. The van der Waals surface area contributed by atoms with Gasteiger partial charge in [0.05, 0.1) is 5.69 Å². The number of nitrogens with one attached hydrogen (secondary N) is 1. The molecule has 3 aromatic carbocycles. The van der Waals surface area contributed by atoms with E-state index >= 15 is 0 Å². The van der Waals surface area contributed by atoms with Gasteiger partial charge in [-0.2, -0.15) is 0 Å². The summed E-state index contributed by atoms with van der Waals surface area (Å²) in [6.07, 6.45) is 0. The van der Waals surface area contributed by atoms with Gasteiger partial charge in [-0.05, 0) is 53.4 Å². The first-order valence-corrected chi connectivity index (χ1v) is 12.6. The van der Waals surface area contributed by atoms with Crippen molar-refractivity contribution in [2.75, 3.05) is 16.2 Å². The number of para-hydroxylation sites is 1. The smallest absolute Gasteiger partial charge is 0.274 e. The average Bonchev–Trinajstić information content (AvgIpc) is 3.39. The molecule has 0 saturated carbocycles. The number of ether oxygens (including phenoxy) is 1. The molecule has 0 unspecified atom stereocenters. The van der Waals surface area contributed by atoms with Crippen LogP contribution in [-0.2, 0) is 21.4 Å². The fourth-order valence-electron chi connectivity index (χ4n) is 3.18. The topological polar surface area (TPSA) is 75.7 Å². The molecule has 0 aliphatic carbocycles. The Balaban J connectivity index is 1.46. The number of anilines is 2. The average molecular weight is 497 g/mol. The highest BCUT2D eigenvalue weighted by molar-refractivity contribution is 7.94. The second-order valence-corrected chi connectivity index (χ2v) is 10.3. The molecule has 4 rings (SSSR count). The van der Waals surface area contributed by atoms with Gasteiger partial charge in [-0.25, -0.2) is 12.8 Å². The van der Waals surface area contributed by atoms with Crippen molar-refractivity contribution in [3.63, 3.8) is 0 Å². The van der Waals surface area contributed by atoms with Crippen LogP contribution < -0.4 is 14.4 Å². The van der Waals surface area contributed by atoms with Gasteiger partial charge in [-0.1, -0.05) is 48.5 Å². The Bertz CT molecular complexity index is 1340. The van der Waals surface area contributed by atoms with Crippen LogP contribution in [0.3, 0.4) is 0 Å². The molecule has 34 heavy (non-hydrogen) atoms. The molecule has 0 atom stereocenters. The Hall–Kier alpha value is -3.69. The van der Waals surface area contributed by atoms with Crippen LogP contribution in [0.15, 0.2) is 101 Å². The summed E-state index contributed by atoms with van der Waals surface area (Å²) in [5, 5.41) is 4.27. The molecule has 4 aromatic rings. The minimum Gasteiger partial charge on any atom is -0.489 e. The first-order chi connectivity index (χ1) is 16.4. The van der Waals surface area contributed by atoms with Crippen LogP contribution in [-0.4, -0.2) is 20.9 Å². The van der Waals surface area contributed by atoms with Crippen molar-refractivity contribution >= 4 is 38.6 Å². The monoisotopic (exact) mass is 496 g/mol. The van der Waals surface area contributed by atoms with Crippen LogP contribution in [0.1, 0.15) is 5.56 Å². The van der Waals surface area contributed by atoms with Crippen LogP contribution in [0.2, 0.25) is 0 Å². The molecule has 6 nitrogen and oxygen atoms in total. The lowest BCUT2D eigenvalue weighted by atomic mass is 10.2. The third-order valence-corrected chi connectivity index (χ3v) is 7.97. The maximum atomic E-state index is 14.5. The molecule has 0 fully saturated rings. The van der Waals surface area contributed by atoms with Crippen LogP contribution in [0.4, 0.5) is 15.8 Å². The molecule has 0 aliphatic heterocycles. The molecule has 1 amide bonds. The van der Waals surface area contributed by atoms with Gasteiger partial charge in [0, 0.05) is 5.69 Å². The van der Waals surface area contributed by atoms with Crippen molar-refractivity contribution in [1.82, 2.24) is 0 Å². The van der Waals surface area contributed by atoms with Crippen LogP contribution >= 0.6 is 11.3 Å². The number of thiophene rings is 1. The highest BCUT2D eigenvalue weighted by Crippen LogP contribution is 2.28. The number of carbonyl (C=O) groups is 1. The Kier molecular flexibility index (Phi) is 7.24. The standard InChI is InChI=1S/C25H21FN2O4S2/c26-22-9-4-5-10-23(22)28(34(30,31)25-11-6-16-33-25)17-24(29)27-20-12-14-21(15-13-20)32-18-19-7-2-1-3-8-19/h1-16H,17-18H2,(H,27,29). The van der Waals surface area contributed by atoms with Crippen molar-refractivity contribution in [2.24, 2.45) is 0 Å². The summed E-state index contributed by atoms with van der Waals surface area (Å²) in [5.74, 6) is -0.730. The van der Waals surface area contributed by atoms with E-state index in [0.717, 1.165) is 27.3 Å².